The highest BCUT2D eigenvalue weighted by molar-refractivity contribution is 6.13. The van der Waals surface area contributed by atoms with Crippen molar-refractivity contribution in [2.45, 2.75) is 0 Å². The Morgan fingerprint density at radius 2 is 1.04 bits per heavy atom. The SMILES string of the molecule is c1ccc2cc(-c3ccc(N(c4ccc5ccccc5c4)c4ccc5c(c4)oc4cccc(-c6nc7ccc8ccccc8c7o6)c45)cc3)ccc2c1. The largest absolute Gasteiger partial charge is 0.456 e. The number of rotatable bonds is 5. The minimum atomic E-state index is 0.582. The molecule has 2 heterocycles. The van der Waals surface area contributed by atoms with E-state index in [9.17, 15) is 0 Å². The Hall–Kier alpha value is -7.17. The molecule has 0 atom stereocenters. The van der Waals surface area contributed by atoms with Gasteiger partial charge in [0.25, 0.3) is 0 Å². The minimum absolute atomic E-state index is 0.582. The first-order valence-electron chi connectivity index (χ1n) is 17.9. The lowest BCUT2D eigenvalue weighted by atomic mass is 10.0. The number of furan rings is 1. The van der Waals surface area contributed by atoms with Crippen LogP contribution >= 0.6 is 0 Å². The van der Waals surface area contributed by atoms with Crippen molar-refractivity contribution in [1.29, 1.82) is 0 Å². The van der Waals surface area contributed by atoms with E-state index in [0.29, 0.717) is 5.89 Å². The molecule has 11 aromatic rings. The van der Waals surface area contributed by atoms with Crippen LogP contribution in [0.1, 0.15) is 0 Å². The van der Waals surface area contributed by atoms with Crippen molar-refractivity contribution in [3.05, 3.63) is 182 Å². The van der Waals surface area contributed by atoms with E-state index in [1.54, 1.807) is 0 Å². The zero-order chi connectivity index (χ0) is 34.9. The Labute approximate surface area is 304 Å². The van der Waals surface area contributed by atoms with Crippen LogP contribution in [0.25, 0.3) is 87.9 Å². The lowest BCUT2D eigenvalue weighted by molar-refractivity contribution is 0.623. The van der Waals surface area contributed by atoms with Crippen LogP contribution in [0.4, 0.5) is 17.1 Å². The van der Waals surface area contributed by atoms with Gasteiger partial charge < -0.3 is 13.7 Å². The summed E-state index contributed by atoms with van der Waals surface area (Å²) in [6.07, 6.45) is 0. The minimum Gasteiger partial charge on any atom is -0.456 e. The molecule has 2 aromatic heterocycles. The number of nitrogens with zero attached hydrogens (tertiary/aromatic N) is 2. The lowest BCUT2D eigenvalue weighted by Gasteiger charge is -2.26. The van der Waals surface area contributed by atoms with Crippen LogP contribution in [0, 0.1) is 0 Å². The summed E-state index contributed by atoms with van der Waals surface area (Å²) in [6.45, 7) is 0. The average molecular weight is 679 g/mol. The zero-order valence-electron chi connectivity index (χ0n) is 28.5. The summed E-state index contributed by atoms with van der Waals surface area (Å²) >= 11 is 0. The van der Waals surface area contributed by atoms with Gasteiger partial charge in [0, 0.05) is 44.9 Å². The Bertz CT molecular complexity index is 3190. The summed E-state index contributed by atoms with van der Waals surface area (Å²) in [5.74, 6) is 0.582. The van der Waals surface area contributed by atoms with Gasteiger partial charge in [-0.1, -0.05) is 115 Å². The molecule has 0 bridgehead atoms. The molecule has 4 nitrogen and oxygen atoms in total. The maximum absolute atomic E-state index is 6.61. The van der Waals surface area contributed by atoms with Crippen LogP contribution in [-0.4, -0.2) is 4.98 Å². The standard InChI is InChI=1S/C49H30N2O2/c1-3-11-35-28-37(17-16-31(35)8-1)33-18-22-38(23-19-33)51(39-24-20-32-9-2-4-12-36(32)29-39)40-25-26-42-46(30-40)52-45-15-7-14-43(47(42)45)49-50-44-27-21-34-10-5-6-13-41(34)48(44)53-49/h1-30H. The van der Waals surface area contributed by atoms with Gasteiger partial charge in [-0.15, -0.1) is 0 Å². The molecule has 0 spiro atoms. The predicted octanol–water partition coefficient (Wildman–Crippen LogP) is 14.0. The van der Waals surface area contributed by atoms with E-state index in [4.69, 9.17) is 13.8 Å². The van der Waals surface area contributed by atoms with Crippen molar-refractivity contribution in [3.63, 3.8) is 0 Å². The van der Waals surface area contributed by atoms with Crippen molar-refractivity contribution < 1.29 is 8.83 Å². The van der Waals surface area contributed by atoms with Crippen LogP contribution in [0.3, 0.4) is 0 Å². The molecule has 0 amide bonds. The zero-order valence-corrected chi connectivity index (χ0v) is 28.5. The van der Waals surface area contributed by atoms with Crippen LogP contribution in [0.2, 0.25) is 0 Å². The summed E-state index contributed by atoms with van der Waals surface area (Å²) in [5.41, 5.74) is 9.61. The first kappa shape index (κ1) is 29.5. The smallest absolute Gasteiger partial charge is 0.228 e. The van der Waals surface area contributed by atoms with Crippen LogP contribution in [-0.2, 0) is 0 Å². The third-order valence-corrected chi connectivity index (χ3v) is 10.4. The van der Waals surface area contributed by atoms with Gasteiger partial charge >= 0.3 is 0 Å². The second-order valence-electron chi connectivity index (χ2n) is 13.6. The molecule has 0 aliphatic carbocycles. The van der Waals surface area contributed by atoms with Crippen LogP contribution < -0.4 is 4.90 Å². The number of hydrogen-bond donors (Lipinski definition) is 0. The fraction of sp³-hybridized carbons (Fsp3) is 0. The van der Waals surface area contributed by atoms with Gasteiger partial charge in [-0.25, -0.2) is 4.98 Å². The molecular weight excluding hydrogens is 649 g/mol. The fourth-order valence-electron chi connectivity index (χ4n) is 7.84. The number of hydrogen-bond acceptors (Lipinski definition) is 4. The highest BCUT2D eigenvalue weighted by atomic mass is 16.3. The summed E-state index contributed by atoms with van der Waals surface area (Å²) < 4.78 is 13.1. The van der Waals surface area contributed by atoms with E-state index in [-0.39, 0.29) is 0 Å². The number of anilines is 3. The van der Waals surface area contributed by atoms with Crippen molar-refractivity contribution in [3.8, 4) is 22.6 Å². The summed E-state index contributed by atoms with van der Waals surface area (Å²) in [6, 6.07) is 64.1. The quantitative estimate of drug-likeness (QED) is 0.182. The maximum atomic E-state index is 6.61. The van der Waals surface area contributed by atoms with Gasteiger partial charge in [-0.3, -0.25) is 0 Å². The third kappa shape index (κ3) is 4.88. The highest BCUT2D eigenvalue weighted by Gasteiger charge is 2.20. The first-order chi connectivity index (χ1) is 26.2. The predicted molar refractivity (Wildman–Crippen MR) is 219 cm³/mol. The van der Waals surface area contributed by atoms with Gasteiger partial charge in [0.1, 0.15) is 16.7 Å². The van der Waals surface area contributed by atoms with Gasteiger partial charge in [-0.05, 0) is 98.7 Å². The molecule has 0 aliphatic heterocycles. The second kappa shape index (κ2) is 11.7. The number of benzene rings is 9. The Morgan fingerprint density at radius 1 is 0.396 bits per heavy atom. The fourth-order valence-corrected chi connectivity index (χ4v) is 7.84. The molecule has 0 saturated heterocycles. The van der Waals surface area contributed by atoms with Gasteiger partial charge in [-0.2, -0.15) is 0 Å². The highest BCUT2D eigenvalue weighted by Crippen LogP contribution is 2.43. The molecule has 0 fully saturated rings. The van der Waals surface area contributed by atoms with E-state index in [2.05, 4.69) is 157 Å². The Balaban J connectivity index is 1.04. The number of fused-ring (bicyclic) bond motifs is 8. The second-order valence-corrected chi connectivity index (χ2v) is 13.6. The van der Waals surface area contributed by atoms with E-state index in [0.717, 1.165) is 66.4 Å². The topological polar surface area (TPSA) is 42.4 Å². The van der Waals surface area contributed by atoms with Gasteiger partial charge in [0.2, 0.25) is 5.89 Å². The normalized spacial score (nSPS) is 11.8. The summed E-state index contributed by atoms with van der Waals surface area (Å²) in [7, 11) is 0. The summed E-state index contributed by atoms with van der Waals surface area (Å²) in [5, 5.41) is 9.04. The molecule has 4 heteroatoms. The van der Waals surface area contributed by atoms with Crippen LogP contribution in [0.15, 0.2) is 191 Å². The number of aromatic nitrogens is 1. The molecule has 11 rings (SSSR count). The molecule has 53 heavy (non-hydrogen) atoms. The molecule has 0 unspecified atom stereocenters. The molecule has 0 N–H and O–H groups in total. The van der Waals surface area contributed by atoms with Crippen molar-refractivity contribution in [2.75, 3.05) is 4.90 Å². The van der Waals surface area contributed by atoms with Crippen molar-refractivity contribution in [2.24, 2.45) is 0 Å². The first-order valence-corrected chi connectivity index (χ1v) is 17.9. The molecule has 9 aromatic carbocycles. The maximum Gasteiger partial charge on any atom is 0.228 e. The monoisotopic (exact) mass is 678 g/mol. The Kier molecular flexibility index (Phi) is 6.52. The molecule has 0 radical (unpaired) electrons. The average Bonchev–Trinajstić information content (AvgIpc) is 3.83. The third-order valence-electron chi connectivity index (χ3n) is 10.4. The number of oxazole rings is 1. The van der Waals surface area contributed by atoms with Gasteiger partial charge in [0.15, 0.2) is 5.58 Å². The van der Waals surface area contributed by atoms with E-state index < -0.39 is 0 Å². The Morgan fingerprint density at radius 3 is 1.87 bits per heavy atom. The molecule has 0 aliphatic rings. The van der Waals surface area contributed by atoms with E-state index in [1.165, 1.54) is 32.7 Å². The van der Waals surface area contributed by atoms with Crippen LogP contribution in [0.5, 0.6) is 0 Å². The van der Waals surface area contributed by atoms with E-state index >= 15 is 0 Å². The summed E-state index contributed by atoms with van der Waals surface area (Å²) in [4.78, 5) is 7.25. The van der Waals surface area contributed by atoms with E-state index in [1.807, 2.05) is 30.3 Å². The van der Waals surface area contributed by atoms with Crippen molar-refractivity contribution in [1.82, 2.24) is 4.98 Å². The lowest BCUT2D eigenvalue weighted by Crippen LogP contribution is -2.09. The van der Waals surface area contributed by atoms with Gasteiger partial charge in [0.05, 0.1) is 0 Å². The molecule has 248 valence electrons. The molecule has 0 saturated carbocycles. The van der Waals surface area contributed by atoms with Crippen molar-refractivity contribution >= 4 is 82.4 Å². The molecular formula is C49H30N2O2.